The zero-order valence-corrected chi connectivity index (χ0v) is 33.8. The Bertz CT molecular complexity index is 2300. The quantitative estimate of drug-likeness (QED) is 0.123. The fraction of sp³-hybridized carbons (Fsp3) is 0.261. The Morgan fingerprint density at radius 2 is 1.47 bits per heavy atom. The fourth-order valence-electron chi connectivity index (χ4n) is 6.57. The van der Waals surface area contributed by atoms with Crippen molar-refractivity contribution in [1.29, 1.82) is 0 Å². The van der Waals surface area contributed by atoms with E-state index in [-0.39, 0.29) is 31.2 Å². The molecule has 1 unspecified atom stereocenters. The number of hydrogen-bond donors (Lipinski definition) is 0. The number of fused-ring (bicyclic) bond motifs is 2. The van der Waals surface area contributed by atoms with Crippen LogP contribution in [0.1, 0.15) is 101 Å². The molecule has 0 fully saturated rings. The van der Waals surface area contributed by atoms with Gasteiger partial charge < -0.3 is 14.7 Å². The molecule has 1 aliphatic rings. The summed E-state index contributed by atoms with van der Waals surface area (Å²) in [6, 6.07) is 36.5. The van der Waals surface area contributed by atoms with Crippen LogP contribution in [-0.4, -0.2) is 18.8 Å². The van der Waals surface area contributed by atoms with Crippen LogP contribution in [0, 0.1) is 32.8 Å². The van der Waals surface area contributed by atoms with E-state index in [2.05, 4.69) is 112 Å². The van der Waals surface area contributed by atoms with Crippen molar-refractivity contribution in [3.05, 3.63) is 149 Å². The van der Waals surface area contributed by atoms with Gasteiger partial charge in [0.2, 0.25) is 0 Å². The Labute approximate surface area is 329 Å². The Kier molecular flexibility index (Phi) is 9.83. The van der Waals surface area contributed by atoms with Crippen LogP contribution < -0.4 is 20.3 Å². The number of para-hydroxylation sites is 1. The van der Waals surface area contributed by atoms with Crippen molar-refractivity contribution in [3.8, 4) is 34.0 Å². The summed E-state index contributed by atoms with van der Waals surface area (Å²) >= 11 is 0. The monoisotopic (exact) mass is 871 g/mol. The molecule has 0 spiro atoms. The number of hydrogen-bond acceptors (Lipinski definition) is 3. The number of aryl methyl sites for hydroxylation is 3. The van der Waals surface area contributed by atoms with Crippen molar-refractivity contribution in [3.63, 3.8) is 0 Å². The molecule has 3 nitrogen and oxygen atoms in total. The van der Waals surface area contributed by atoms with E-state index in [4.69, 9.17) is 13.0 Å². The summed E-state index contributed by atoms with van der Waals surface area (Å²) in [6.07, 6.45) is 3.18. The molecule has 7 rings (SSSR count). The third-order valence-electron chi connectivity index (χ3n) is 9.32. The van der Waals surface area contributed by atoms with E-state index in [0.717, 1.165) is 22.8 Å². The van der Waals surface area contributed by atoms with Crippen molar-refractivity contribution in [1.82, 2.24) is 9.97 Å². The van der Waals surface area contributed by atoms with Gasteiger partial charge >= 0.3 is 0 Å². The number of rotatable bonds is 6. The second-order valence-electron chi connectivity index (χ2n) is 13.9. The number of ether oxygens (including phenoxy) is 1. The molecule has 0 amide bonds. The van der Waals surface area contributed by atoms with Crippen molar-refractivity contribution in [2.75, 3.05) is 0 Å². The summed E-state index contributed by atoms with van der Waals surface area (Å²) in [5, 5.41) is 4.25. The first kappa shape index (κ1) is 30.5. The Hall–Kier alpha value is -4.15. The second-order valence-corrected chi connectivity index (χ2v) is 16.6. The summed E-state index contributed by atoms with van der Waals surface area (Å²) in [6.45, 7) is 11.3. The van der Waals surface area contributed by atoms with Crippen molar-refractivity contribution in [2.24, 2.45) is 0 Å². The maximum absolute atomic E-state index is 7.41. The van der Waals surface area contributed by atoms with Crippen LogP contribution in [0.2, 0.25) is 0 Å². The third-order valence-corrected chi connectivity index (χ3v) is 12.7. The molecular formula is C46H48IrN2OSi-2. The molecule has 1 aliphatic heterocycles. The molecule has 6 aromatic rings. The van der Waals surface area contributed by atoms with Crippen LogP contribution in [-0.2, 0) is 20.1 Å². The molecule has 0 aliphatic carbocycles. The molecule has 0 N–H and O–H groups in total. The van der Waals surface area contributed by atoms with Gasteiger partial charge in [0.25, 0.3) is 0 Å². The Morgan fingerprint density at radius 1 is 0.725 bits per heavy atom. The van der Waals surface area contributed by atoms with Crippen molar-refractivity contribution in [2.45, 2.75) is 79.9 Å². The topological polar surface area (TPSA) is 35.0 Å². The molecule has 5 heteroatoms. The van der Waals surface area contributed by atoms with Gasteiger partial charge in [0.1, 0.15) is 14.5 Å². The van der Waals surface area contributed by atoms with Crippen molar-refractivity contribution < 1.29 is 33.1 Å². The predicted molar refractivity (Wildman–Crippen MR) is 213 cm³/mol. The Morgan fingerprint density at radius 3 is 2.08 bits per heavy atom. The molecule has 263 valence electrons. The van der Waals surface area contributed by atoms with E-state index in [1.54, 1.807) is 24.2 Å². The van der Waals surface area contributed by atoms with Gasteiger partial charge in [0.05, 0.1) is 0 Å². The number of aromatic nitrogens is 2. The van der Waals surface area contributed by atoms with Gasteiger partial charge in [0, 0.05) is 46.5 Å². The predicted octanol–water partition coefficient (Wildman–Crippen LogP) is 9.74. The summed E-state index contributed by atoms with van der Waals surface area (Å²) in [7, 11) is -1.85. The van der Waals surface area contributed by atoms with Gasteiger partial charge in [-0.2, -0.15) is 0 Å². The summed E-state index contributed by atoms with van der Waals surface area (Å²) in [5.41, 5.74) is 8.51. The van der Waals surface area contributed by atoms with E-state index in [9.17, 15) is 0 Å². The van der Waals surface area contributed by atoms with Crippen LogP contribution in [0.25, 0.3) is 22.5 Å². The van der Waals surface area contributed by atoms with Crippen LogP contribution in [0.5, 0.6) is 11.5 Å². The van der Waals surface area contributed by atoms with Gasteiger partial charge in [-0.25, -0.2) is 0 Å². The zero-order valence-electron chi connectivity index (χ0n) is 36.3. The van der Waals surface area contributed by atoms with Crippen LogP contribution in [0.3, 0.4) is 0 Å². The first-order chi connectivity index (χ1) is 26.5. The smallest absolute Gasteiger partial charge is 0.123 e. The van der Waals surface area contributed by atoms with Crippen molar-refractivity contribution >= 4 is 24.4 Å². The second kappa shape index (κ2) is 16.5. The molecule has 0 saturated heterocycles. The Balaban J connectivity index is 0.000000242. The molecule has 2 aromatic heterocycles. The number of pyridine rings is 2. The van der Waals surface area contributed by atoms with E-state index < -0.39 is 22.5 Å². The standard InChI is InChI=1S/C32H34NOSi.C14H14N.Ir/c1-20(2)23-18-25(21(3)4)32(26(19-23)22(5)6)35-29-15-8-7-14-28(29)34-31-24(12-11-16-30(31)35)27-13-9-10-17-33-27;1-10-4-6-13(7-5-10)14-8-11(2)12(3)9-15-14;/h7-11,13-22,35H,1-6H3;4-6,8-9H,1-3H3;/q2*-1;/i;1D3,3D3;. The van der Waals surface area contributed by atoms with Gasteiger partial charge in [-0.15, -0.1) is 53.6 Å². The summed E-state index contributed by atoms with van der Waals surface area (Å²) in [5.74, 6) is 3.29. The average molecular weight is 871 g/mol. The zero-order chi connectivity index (χ0) is 40.5. The normalized spacial score (nSPS) is 15.4. The molecular weight excluding hydrogens is 817 g/mol. The average Bonchev–Trinajstić information content (AvgIpc) is 3.16. The van der Waals surface area contributed by atoms with Gasteiger partial charge in [-0.3, -0.25) is 0 Å². The molecule has 0 saturated carbocycles. The molecule has 4 aromatic carbocycles. The minimum Gasteiger partial charge on any atom is -0.502 e. The fourth-order valence-corrected chi connectivity index (χ4v) is 10.5. The largest absolute Gasteiger partial charge is 0.502 e. The van der Waals surface area contributed by atoms with E-state index >= 15 is 0 Å². The summed E-state index contributed by atoms with van der Waals surface area (Å²) in [4.78, 5) is 8.77. The number of nitrogens with zero attached hydrogens (tertiary/aromatic N) is 2. The first-order valence-electron chi connectivity index (χ1n) is 20.4. The SMILES string of the molecule is CC(C)c1cc(C(C)C)c([SiH]2c3ccccc3Oc3c(-c4ccccn4)[c-]ccc32)c(C(C)C)c1.[2H]C([2H])([2H])c1c[c-]c(-c2cc(C)c(C([2H])([2H])[2H])cn2)cc1.[Ir]. The minimum absolute atomic E-state index is 0. The molecule has 1 radical (unpaired) electrons. The van der Waals surface area contributed by atoms with Crippen LogP contribution in [0.4, 0.5) is 0 Å². The maximum Gasteiger partial charge on any atom is 0.123 e. The first-order valence-corrected chi connectivity index (χ1v) is 19.1. The van der Waals surface area contributed by atoms with Crippen LogP contribution in [0.15, 0.2) is 103 Å². The molecule has 0 bridgehead atoms. The number of benzene rings is 4. The van der Waals surface area contributed by atoms with Gasteiger partial charge in [0.15, 0.2) is 0 Å². The van der Waals surface area contributed by atoms with Gasteiger partial charge in [-0.05, 0) is 87.7 Å². The van der Waals surface area contributed by atoms with E-state index in [0.29, 0.717) is 34.6 Å². The van der Waals surface area contributed by atoms with Gasteiger partial charge in [-0.1, -0.05) is 113 Å². The van der Waals surface area contributed by atoms with E-state index in [1.165, 1.54) is 45.4 Å². The van der Waals surface area contributed by atoms with Crippen LogP contribution >= 0.6 is 0 Å². The summed E-state index contributed by atoms with van der Waals surface area (Å²) < 4.78 is 50.8. The third kappa shape index (κ3) is 8.17. The molecule has 3 heterocycles. The van der Waals surface area contributed by atoms with E-state index in [1.807, 2.05) is 24.4 Å². The molecule has 51 heavy (non-hydrogen) atoms. The maximum atomic E-state index is 7.41. The minimum atomic E-state index is -2.19. The molecule has 1 atom stereocenters.